The minimum absolute atomic E-state index is 0.194. The first-order valence-electron chi connectivity index (χ1n) is 7.80. The van der Waals surface area contributed by atoms with Crippen LogP contribution >= 0.6 is 0 Å². The van der Waals surface area contributed by atoms with E-state index >= 15 is 0 Å². The van der Waals surface area contributed by atoms with Gasteiger partial charge in [0.05, 0.1) is 10.9 Å². The van der Waals surface area contributed by atoms with Crippen LogP contribution in [0.3, 0.4) is 0 Å². The summed E-state index contributed by atoms with van der Waals surface area (Å²) in [7, 11) is -3.74. The topological polar surface area (TPSA) is 62.3 Å². The summed E-state index contributed by atoms with van der Waals surface area (Å²) >= 11 is 0. The molecule has 0 amide bonds. The Morgan fingerprint density at radius 2 is 2.00 bits per heavy atom. The molecule has 2 aromatic rings. The summed E-state index contributed by atoms with van der Waals surface area (Å²) in [6.07, 6.45) is 3.34. The predicted octanol–water partition coefficient (Wildman–Crippen LogP) is 2.17. The van der Waals surface area contributed by atoms with E-state index in [9.17, 15) is 12.8 Å². The maximum atomic E-state index is 13.6. The first kappa shape index (κ1) is 17.0. The summed E-state index contributed by atoms with van der Waals surface area (Å²) in [6.45, 7) is 4.71. The summed E-state index contributed by atoms with van der Waals surface area (Å²) in [6, 6.07) is 5.87. The van der Waals surface area contributed by atoms with Crippen LogP contribution in [0.15, 0.2) is 41.6 Å². The van der Waals surface area contributed by atoms with Gasteiger partial charge in [-0.2, -0.15) is 4.31 Å². The number of halogens is 1. The van der Waals surface area contributed by atoms with Gasteiger partial charge in [-0.1, -0.05) is 6.07 Å². The van der Waals surface area contributed by atoms with Crippen LogP contribution in [0.1, 0.15) is 22.7 Å². The summed E-state index contributed by atoms with van der Waals surface area (Å²) < 4.78 is 41.6. The number of nitrogens with zero attached hydrogens (tertiary/aromatic N) is 2. The smallest absolute Gasteiger partial charge is 0.244 e. The minimum Gasteiger partial charge on any atom is -0.313 e. The van der Waals surface area contributed by atoms with Crippen LogP contribution in [-0.2, 0) is 10.0 Å². The van der Waals surface area contributed by atoms with Crippen molar-refractivity contribution in [3.05, 3.63) is 59.2 Å². The molecule has 1 aromatic heterocycles. The van der Waals surface area contributed by atoms with Gasteiger partial charge in [-0.05, 0) is 48.7 Å². The Balaban J connectivity index is 2.08. The van der Waals surface area contributed by atoms with E-state index in [2.05, 4.69) is 10.3 Å². The number of hydrogen-bond donors (Lipinski definition) is 1. The van der Waals surface area contributed by atoms with Gasteiger partial charge in [0, 0.05) is 32.0 Å². The highest BCUT2D eigenvalue weighted by molar-refractivity contribution is 7.89. The van der Waals surface area contributed by atoms with Crippen LogP contribution < -0.4 is 5.32 Å². The van der Waals surface area contributed by atoms with Gasteiger partial charge < -0.3 is 5.32 Å². The molecule has 2 heterocycles. The zero-order valence-electron chi connectivity index (χ0n) is 13.7. The molecule has 128 valence electrons. The highest BCUT2D eigenvalue weighted by Crippen LogP contribution is 2.31. The monoisotopic (exact) mass is 349 g/mol. The van der Waals surface area contributed by atoms with Gasteiger partial charge in [-0.25, -0.2) is 12.8 Å². The van der Waals surface area contributed by atoms with Gasteiger partial charge in [0.25, 0.3) is 0 Å². The number of nitrogens with one attached hydrogen (secondary N) is 1. The molecule has 1 saturated heterocycles. The molecule has 24 heavy (non-hydrogen) atoms. The van der Waals surface area contributed by atoms with Gasteiger partial charge in [0.1, 0.15) is 5.82 Å². The SMILES string of the molecule is Cc1cc(F)cc(C)c1S(=O)(=O)N1CCNCC1c1cccnc1. The van der Waals surface area contributed by atoms with Gasteiger partial charge in [0.2, 0.25) is 10.0 Å². The predicted molar refractivity (Wildman–Crippen MR) is 89.6 cm³/mol. The normalized spacial score (nSPS) is 19.4. The van der Waals surface area contributed by atoms with Crippen LogP contribution in [0, 0.1) is 19.7 Å². The Morgan fingerprint density at radius 3 is 2.62 bits per heavy atom. The largest absolute Gasteiger partial charge is 0.313 e. The van der Waals surface area contributed by atoms with Crippen molar-refractivity contribution in [1.82, 2.24) is 14.6 Å². The van der Waals surface area contributed by atoms with E-state index in [1.807, 2.05) is 6.07 Å². The van der Waals surface area contributed by atoms with Crippen LogP contribution in [0.4, 0.5) is 4.39 Å². The molecule has 3 rings (SSSR count). The molecule has 1 aliphatic rings. The lowest BCUT2D eigenvalue weighted by molar-refractivity contribution is 0.271. The van der Waals surface area contributed by atoms with Crippen molar-refractivity contribution in [2.45, 2.75) is 24.8 Å². The fourth-order valence-corrected chi connectivity index (χ4v) is 5.28. The van der Waals surface area contributed by atoms with Crippen molar-refractivity contribution < 1.29 is 12.8 Å². The molecule has 0 spiro atoms. The fraction of sp³-hybridized carbons (Fsp3) is 0.353. The Kier molecular flexibility index (Phi) is 4.67. The standard InChI is InChI=1S/C17H20FN3O2S/c1-12-8-15(18)9-13(2)17(12)24(22,23)21-7-6-20-11-16(21)14-4-3-5-19-10-14/h3-5,8-10,16,20H,6-7,11H2,1-2H3. The summed E-state index contributed by atoms with van der Waals surface area (Å²) in [5, 5.41) is 3.23. The van der Waals surface area contributed by atoms with E-state index in [0.717, 1.165) is 5.56 Å². The molecule has 0 aliphatic carbocycles. The molecule has 1 atom stereocenters. The van der Waals surface area contributed by atoms with E-state index in [1.165, 1.54) is 16.4 Å². The molecule has 1 fully saturated rings. The number of benzene rings is 1. The first-order chi connectivity index (χ1) is 11.4. The minimum atomic E-state index is -3.74. The Hall–Kier alpha value is -1.83. The second-order valence-electron chi connectivity index (χ2n) is 5.99. The molecule has 0 radical (unpaired) electrons. The molecule has 0 saturated carbocycles. The molecular weight excluding hydrogens is 329 g/mol. The average molecular weight is 349 g/mol. The third-order valence-corrected chi connectivity index (χ3v) is 6.47. The fourth-order valence-electron chi connectivity index (χ4n) is 3.25. The van der Waals surface area contributed by atoms with Gasteiger partial charge in [-0.3, -0.25) is 4.98 Å². The third-order valence-electron chi connectivity index (χ3n) is 4.26. The molecule has 1 aliphatic heterocycles. The summed E-state index contributed by atoms with van der Waals surface area (Å²) in [5.41, 5.74) is 1.69. The van der Waals surface area contributed by atoms with Gasteiger partial charge in [-0.15, -0.1) is 0 Å². The average Bonchev–Trinajstić information content (AvgIpc) is 2.54. The lowest BCUT2D eigenvalue weighted by Crippen LogP contribution is -2.48. The number of aryl methyl sites for hydroxylation is 2. The first-order valence-corrected chi connectivity index (χ1v) is 9.24. The maximum absolute atomic E-state index is 13.6. The Morgan fingerprint density at radius 1 is 1.29 bits per heavy atom. The van der Waals surface area contributed by atoms with Crippen molar-refractivity contribution in [2.24, 2.45) is 0 Å². The van der Waals surface area contributed by atoms with E-state index < -0.39 is 15.8 Å². The molecule has 7 heteroatoms. The Bertz CT molecular complexity index is 817. The lowest BCUT2D eigenvalue weighted by atomic mass is 10.1. The van der Waals surface area contributed by atoms with Crippen LogP contribution in [-0.4, -0.2) is 37.3 Å². The highest BCUT2D eigenvalue weighted by Gasteiger charge is 2.36. The van der Waals surface area contributed by atoms with Crippen LogP contribution in [0.5, 0.6) is 0 Å². The van der Waals surface area contributed by atoms with Gasteiger partial charge >= 0.3 is 0 Å². The van der Waals surface area contributed by atoms with Crippen LogP contribution in [0.25, 0.3) is 0 Å². The van der Waals surface area contributed by atoms with Crippen molar-refractivity contribution >= 4 is 10.0 Å². The molecule has 0 bridgehead atoms. The number of piperazine rings is 1. The lowest BCUT2D eigenvalue weighted by Gasteiger charge is -2.36. The number of sulfonamides is 1. The second kappa shape index (κ2) is 6.58. The highest BCUT2D eigenvalue weighted by atomic mass is 32.2. The van der Waals surface area contributed by atoms with E-state index in [-0.39, 0.29) is 10.9 Å². The molecular formula is C17H20FN3O2S. The molecule has 5 nitrogen and oxygen atoms in total. The quantitative estimate of drug-likeness (QED) is 0.923. The molecule has 1 unspecified atom stereocenters. The van der Waals surface area contributed by atoms with Crippen molar-refractivity contribution in [1.29, 1.82) is 0 Å². The zero-order chi connectivity index (χ0) is 17.3. The van der Waals surface area contributed by atoms with Crippen molar-refractivity contribution in [2.75, 3.05) is 19.6 Å². The number of rotatable bonds is 3. The van der Waals surface area contributed by atoms with E-state index in [1.54, 1.807) is 32.3 Å². The van der Waals surface area contributed by atoms with Crippen LogP contribution in [0.2, 0.25) is 0 Å². The van der Waals surface area contributed by atoms with Crippen molar-refractivity contribution in [3.8, 4) is 0 Å². The maximum Gasteiger partial charge on any atom is 0.244 e. The third kappa shape index (κ3) is 3.07. The summed E-state index contributed by atoms with van der Waals surface area (Å²) in [5.74, 6) is -0.423. The Labute approximate surface area is 141 Å². The number of pyridine rings is 1. The molecule has 1 N–H and O–H groups in total. The second-order valence-corrected chi connectivity index (χ2v) is 7.82. The van der Waals surface area contributed by atoms with Crippen molar-refractivity contribution in [3.63, 3.8) is 0 Å². The number of aromatic nitrogens is 1. The van der Waals surface area contributed by atoms with E-state index in [4.69, 9.17) is 0 Å². The number of hydrogen-bond acceptors (Lipinski definition) is 4. The van der Waals surface area contributed by atoms with E-state index in [0.29, 0.717) is 30.8 Å². The zero-order valence-corrected chi connectivity index (χ0v) is 14.5. The van der Waals surface area contributed by atoms with Gasteiger partial charge in [0.15, 0.2) is 0 Å². The molecule has 1 aromatic carbocycles. The summed E-state index contributed by atoms with van der Waals surface area (Å²) in [4.78, 5) is 4.29.